The Morgan fingerprint density at radius 3 is 1.52 bits per heavy atom. The summed E-state index contributed by atoms with van der Waals surface area (Å²) in [4.78, 5) is 30.2. The van der Waals surface area contributed by atoms with Crippen molar-refractivity contribution in [2.24, 2.45) is 0 Å². The number of nitrogens with zero attached hydrogens (tertiary/aromatic N) is 4. The standard InChI is InChI=1S/C27H26N4O2/c1-3-5-19-15-28-25(29-16-19)21-7-9-23(10-8-21)27(32)33-24-13-11-22(12-14-24)26-30-17-20(6-4-2)18-31-26/h7-18H,3-6H2,1-2H3. The van der Waals surface area contributed by atoms with Crippen molar-refractivity contribution >= 4 is 5.97 Å². The molecule has 6 nitrogen and oxygen atoms in total. The van der Waals surface area contributed by atoms with Crippen molar-refractivity contribution in [1.29, 1.82) is 0 Å². The van der Waals surface area contributed by atoms with Crippen molar-refractivity contribution in [2.45, 2.75) is 39.5 Å². The van der Waals surface area contributed by atoms with Crippen LogP contribution in [0.4, 0.5) is 0 Å². The fourth-order valence-electron chi connectivity index (χ4n) is 3.44. The minimum Gasteiger partial charge on any atom is -0.423 e. The van der Waals surface area contributed by atoms with Crippen LogP contribution in [0.25, 0.3) is 22.8 Å². The highest BCUT2D eigenvalue weighted by Gasteiger charge is 2.11. The van der Waals surface area contributed by atoms with E-state index in [0.29, 0.717) is 23.0 Å². The first kappa shape index (κ1) is 22.3. The van der Waals surface area contributed by atoms with Gasteiger partial charge in [0.2, 0.25) is 0 Å². The second-order valence-electron chi connectivity index (χ2n) is 7.82. The van der Waals surface area contributed by atoms with E-state index in [2.05, 4.69) is 33.8 Å². The molecule has 0 fully saturated rings. The van der Waals surface area contributed by atoms with Gasteiger partial charge in [0.1, 0.15) is 5.75 Å². The van der Waals surface area contributed by atoms with E-state index in [1.807, 2.05) is 49.1 Å². The molecule has 0 saturated carbocycles. The van der Waals surface area contributed by atoms with Crippen molar-refractivity contribution in [2.75, 3.05) is 0 Å². The third-order valence-corrected chi connectivity index (χ3v) is 5.19. The van der Waals surface area contributed by atoms with Crippen molar-refractivity contribution < 1.29 is 9.53 Å². The van der Waals surface area contributed by atoms with E-state index in [0.717, 1.165) is 47.9 Å². The van der Waals surface area contributed by atoms with Gasteiger partial charge in [0.05, 0.1) is 5.56 Å². The summed E-state index contributed by atoms with van der Waals surface area (Å²) in [5.41, 5.74) is 4.42. The fraction of sp³-hybridized carbons (Fsp3) is 0.222. The van der Waals surface area contributed by atoms with E-state index < -0.39 is 5.97 Å². The maximum atomic E-state index is 12.6. The van der Waals surface area contributed by atoms with Crippen LogP contribution in [0.5, 0.6) is 5.75 Å². The van der Waals surface area contributed by atoms with Crippen molar-refractivity contribution in [3.63, 3.8) is 0 Å². The van der Waals surface area contributed by atoms with Crippen LogP contribution >= 0.6 is 0 Å². The summed E-state index contributed by atoms with van der Waals surface area (Å²) in [6.45, 7) is 4.25. The van der Waals surface area contributed by atoms with Crippen LogP contribution in [0.2, 0.25) is 0 Å². The molecule has 0 N–H and O–H groups in total. The SMILES string of the molecule is CCCc1cnc(-c2ccc(OC(=O)c3ccc(-c4ncc(CCC)cn4)cc3)cc2)nc1. The fourth-order valence-corrected chi connectivity index (χ4v) is 3.44. The number of aryl methyl sites for hydroxylation is 2. The van der Waals surface area contributed by atoms with E-state index in [9.17, 15) is 4.79 Å². The molecular weight excluding hydrogens is 412 g/mol. The molecule has 4 aromatic rings. The molecule has 0 unspecified atom stereocenters. The van der Waals surface area contributed by atoms with Crippen LogP contribution in [0.15, 0.2) is 73.3 Å². The Kier molecular flexibility index (Phi) is 7.15. The molecule has 2 heterocycles. The first-order valence-corrected chi connectivity index (χ1v) is 11.2. The lowest BCUT2D eigenvalue weighted by Crippen LogP contribution is -2.08. The Balaban J connectivity index is 1.39. The molecular formula is C27H26N4O2. The summed E-state index contributed by atoms with van der Waals surface area (Å²) in [5.74, 6) is 1.32. The largest absolute Gasteiger partial charge is 0.423 e. The molecule has 6 heteroatoms. The Morgan fingerprint density at radius 2 is 1.09 bits per heavy atom. The normalized spacial score (nSPS) is 10.7. The van der Waals surface area contributed by atoms with Crippen LogP contribution < -0.4 is 4.74 Å². The number of benzene rings is 2. The third-order valence-electron chi connectivity index (χ3n) is 5.19. The van der Waals surface area contributed by atoms with Crippen LogP contribution in [0.1, 0.15) is 48.2 Å². The summed E-state index contributed by atoms with van der Waals surface area (Å²) < 4.78 is 5.52. The molecule has 0 atom stereocenters. The minimum atomic E-state index is -0.423. The van der Waals surface area contributed by atoms with Gasteiger partial charge in [-0.3, -0.25) is 0 Å². The molecule has 0 amide bonds. The molecule has 4 rings (SSSR count). The van der Waals surface area contributed by atoms with Crippen molar-refractivity contribution in [3.8, 4) is 28.5 Å². The Hall–Kier alpha value is -3.93. The maximum Gasteiger partial charge on any atom is 0.343 e. The summed E-state index contributed by atoms with van der Waals surface area (Å²) in [6.07, 6.45) is 11.5. The van der Waals surface area contributed by atoms with Gasteiger partial charge in [-0.1, -0.05) is 38.8 Å². The zero-order chi connectivity index (χ0) is 23.0. The predicted molar refractivity (Wildman–Crippen MR) is 128 cm³/mol. The van der Waals surface area contributed by atoms with E-state index in [4.69, 9.17) is 4.74 Å². The predicted octanol–water partition coefficient (Wildman–Crippen LogP) is 5.72. The van der Waals surface area contributed by atoms with Gasteiger partial charge in [-0.15, -0.1) is 0 Å². The zero-order valence-electron chi connectivity index (χ0n) is 18.9. The number of carbonyl (C=O) groups is 1. The van der Waals surface area contributed by atoms with E-state index in [1.165, 1.54) is 0 Å². The minimum absolute atomic E-state index is 0.423. The zero-order valence-corrected chi connectivity index (χ0v) is 18.9. The van der Waals surface area contributed by atoms with Crippen molar-refractivity contribution in [1.82, 2.24) is 19.9 Å². The summed E-state index contributed by atoms with van der Waals surface area (Å²) in [6, 6.07) is 14.3. The van der Waals surface area contributed by atoms with Gasteiger partial charge in [0, 0.05) is 35.9 Å². The number of rotatable bonds is 8. The lowest BCUT2D eigenvalue weighted by atomic mass is 10.1. The van der Waals surface area contributed by atoms with Gasteiger partial charge in [-0.2, -0.15) is 0 Å². The molecule has 2 aromatic carbocycles. The number of ether oxygens (including phenoxy) is 1. The van der Waals surface area contributed by atoms with Crippen LogP contribution in [-0.4, -0.2) is 25.9 Å². The average molecular weight is 439 g/mol. The molecule has 0 saturated heterocycles. The highest BCUT2D eigenvalue weighted by molar-refractivity contribution is 5.91. The monoisotopic (exact) mass is 438 g/mol. The Bertz CT molecular complexity index is 1190. The van der Waals surface area contributed by atoms with Gasteiger partial charge >= 0.3 is 5.97 Å². The Labute approximate surface area is 193 Å². The number of carbonyl (C=O) groups excluding carboxylic acids is 1. The second-order valence-corrected chi connectivity index (χ2v) is 7.82. The number of esters is 1. The molecule has 0 aliphatic carbocycles. The third kappa shape index (κ3) is 5.66. The van der Waals surface area contributed by atoms with E-state index in [-0.39, 0.29) is 0 Å². The first-order valence-electron chi connectivity index (χ1n) is 11.2. The lowest BCUT2D eigenvalue weighted by molar-refractivity contribution is 0.0735. The molecule has 0 aliphatic rings. The maximum absolute atomic E-state index is 12.6. The summed E-state index contributed by atoms with van der Waals surface area (Å²) in [5, 5.41) is 0. The quantitative estimate of drug-likeness (QED) is 0.258. The molecule has 0 radical (unpaired) electrons. The topological polar surface area (TPSA) is 77.9 Å². The van der Waals surface area contributed by atoms with Crippen LogP contribution in [-0.2, 0) is 12.8 Å². The van der Waals surface area contributed by atoms with E-state index in [1.54, 1.807) is 24.3 Å². The van der Waals surface area contributed by atoms with E-state index >= 15 is 0 Å². The van der Waals surface area contributed by atoms with Gasteiger partial charge in [-0.25, -0.2) is 24.7 Å². The smallest absolute Gasteiger partial charge is 0.343 e. The number of hydrogen-bond acceptors (Lipinski definition) is 6. The van der Waals surface area contributed by atoms with Gasteiger partial charge in [0.15, 0.2) is 11.6 Å². The molecule has 0 aliphatic heterocycles. The van der Waals surface area contributed by atoms with Gasteiger partial charge in [0.25, 0.3) is 0 Å². The summed E-state index contributed by atoms with van der Waals surface area (Å²) in [7, 11) is 0. The second kappa shape index (κ2) is 10.6. The van der Waals surface area contributed by atoms with Gasteiger partial charge < -0.3 is 4.74 Å². The van der Waals surface area contributed by atoms with Gasteiger partial charge in [-0.05, 0) is 60.4 Å². The molecule has 0 spiro atoms. The van der Waals surface area contributed by atoms with Crippen LogP contribution in [0, 0.1) is 0 Å². The molecule has 166 valence electrons. The highest BCUT2D eigenvalue weighted by atomic mass is 16.5. The number of hydrogen-bond donors (Lipinski definition) is 0. The number of aromatic nitrogens is 4. The molecule has 33 heavy (non-hydrogen) atoms. The lowest BCUT2D eigenvalue weighted by Gasteiger charge is -2.07. The molecule has 2 aromatic heterocycles. The molecule has 0 bridgehead atoms. The summed E-state index contributed by atoms with van der Waals surface area (Å²) >= 11 is 0. The first-order chi connectivity index (χ1) is 16.2. The average Bonchev–Trinajstić information content (AvgIpc) is 2.86. The Morgan fingerprint density at radius 1 is 0.667 bits per heavy atom. The van der Waals surface area contributed by atoms with Crippen LogP contribution in [0.3, 0.4) is 0 Å². The highest BCUT2D eigenvalue weighted by Crippen LogP contribution is 2.21. The van der Waals surface area contributed by atoms with Crippen molar-refractivity contribution in [3.05, 3.63) is 90.0 Å².